The number of aryl methyl sites for hydroxylation is 1. The number of nitrogens with zero attached hydrogens (tertiary/aromatic N) is 2. The average Bonchev–Trinajstić information content (AvgIpc) is 3.40. The van der Waals surface area contributed by atoms with E-state index < -0.39 is 9.84 Å². The third kappa shape index (κ3) is 4.57. The Kier molecular flexibility index (Phi) is 5.32. The van der Waals surface area contributed by atoms with Crippen LogP contribution < -0.4 is 5.32 Å². The van der Waals surface area contributed by atoms with Crippen molar-refractivity contribution in [1.82, 2.24) is 15.1 Å². The minimum Gasteiger partial charge on any atom is -0.456 e. The van der Waals surface area contributed by atoms with E-state index in [9.17, 15) is 13.2 Å². The third-order valence-corrected chi connectivity index (χ3v) is 7.03. The molecule has 1 N–H and O–H groups in total. The van der Waals surface area contributed by atoms with E-state index in [4.69, 9.17) is 4.42 Å². The second-order valence-corrected chi connectivity index (χ2v) is 10.7. The van der Waals surface area contributed by atoms with Crippen molar-refractivity contribution >= 4 is 26.7 Å². The van der Waals surface area contributed by atoms with Crippen molar-refractivity contribution in [2.45, 2.75) is 31.2 Å². The summed E-state index contributed by atoms with van der Waals surface area (Å²) in [5.74, 6) is 1.06. The van der Waals surface area contributed by atoms with Crippen LogP contribution in [0, 0.1) is 12.8 Å². The molecule has 8 heteroatoms. The molecule has 0 saturated heterocycles. The molecule has 1 aliphatic rings. The van der Waals surface area contributed by atoms with Gasteiger partial charge in [-0.15, -0.1) is 0 Å². The monoisotopic (exact) mass is 463 g/mol. The van der Waals surface area contributed by atoms with Crippen LogP contribution in [0.15, 0.2) is 63.9 Å². The lowest BCUT2D eigenvalue weighted by molar-refractivity contribution is 0.0946. The van der Waals surface area contributed by atoms with E-state index >= 15 is 0 Å². The van der Waals surface area contributed by atoms with E-state index in [1.165, 1.54) is 6.26 Å². The molecule has 4 aromatic rings. The molecule has 0 unspecified atom stereocenters. The Bertz CT molecular complexity index is 1450. The van der Waals surface area contributed by atoms with Gasteiger partial charge in [0.15, 0.2) is 9.84 Å². The number of furan rings is 1. The maximum Gasteiger partial charge on any atom is 0.271 e. The molecule has 0 spiro atoms. The molecule has 170 valence electrons. The molecule has 1 aliphatic carbocycles. The summed E-state index contributed by atoms with van der Waals surface area (Å²) in [5, 5.41) is 8.12. The van der Waals surface area contributed by atoms with Crippen LogP contribution in [0.1, 0.15) is 34.6 Å². The molecule has 33 heavy (non-hydrogen) atoms. The van der Waals surface area contributed by atoms with Crippen LogP contribution in [0.25, 0.3) is 22.3 Å². The number of amides is 1. The summed E-state index contributed by atoms with van der Waals surface area (Å²) in [6, 6.07) is 16.5. The molecule has 0 bridgehead atoms. The molecule has 5 rings (SSSR count). The van der Waals surface area contributed by atoms with Crippen LogP contribution in [0.4, 0.5) is 0 Å². The van der Waals surface area contributed by atoms with Crippen molar-refractivity contribution < 1.29 is 17.6 Å². The molecule has 2 heterocycles. The number of carbonyl (C=O) groups is 1. The second-order valence-electron chi connectivity index (χ2n) is 8.73. The van der Waals surface area contributed by atoms with E-state index in [1.807, 2.05) is 43.3 Å². The summed E-state index contributed by atoms with van der Waals surface area (Å²) >= 11 is 0. The zero-order valence-corrected chi connectivity index (χ0v) is 19.4. The van der Waals surface area contributed by atoms with Crippen LogP contribution in [-0.2, 0) is 16.4 Å². The standard InChI is InChI=1S/C25H25N3O4S/c1-16-10-22(25(29)26-14-17-8-9-17)27-28(16)15-20-12-21(33(2,30)31)11-19-13-23(32-24(19)20)18-6-4-3-5-7-18/h3-7,10-13,17H,8-9,14-15H2,1-2H3,(H,26,29). The number of nitrogens with one attached hydrogen (secondary N) is 1. The molecule has 1 fully saturated rings. The number of benzene rings is 2. The molecule has 2 aromatic heterocycles. The number of hydrogen-bond acceptors (Lipinski definition) is 5. The second kappa shape index (κ2) is 8.19. The highest BCUT2D eigenvalue weighted by Crippen LogP contribution is 2.32. The van der Waals surface area contributed by atoms with E-state index in [1.54, 1.807) is 22.9 Å². The van der Waals surface area contributed by atoms with Gasteiger partial charge in [0.25, 0.3) is 5.91 Å². The Morgan fingerprint density at radius 2 is 1.91 bits per heavy atom. The van der Waals surface area contributed by atoms with Crippen molar-refractivity contribution in [2.75, 3.05) is 12.8 Å². The van der Waals surface area contributed by atoms with Gasteiger partial charge < -0.3 is 9.73 Å². The first-order valence-corrected chi connectivity index (χ1v) is 12.8. The molecule has 2 aromatic carbocycles. The summed E-state index contributed by atoms with van der Waals surface area (Å²) in [4.78, 5) is 12.7. The molecular formula is C25H25N3O4S. The zero-order chi connectivity index (χ0) is 23.2. The predicted octanol–water partition coefficient (Wildman–Crippen LogP) is 4.20. The van der Waals surface area contributed by atoms with Crippen LogP contribution in [0.2, 0.25) is 0 Å². The maximum absolute atomic E-state index is 12.5. The quantitative estimate of drug-likeness (QED) is 0.443. The van der Waals surface area contributed by atoms with Gasteiger partial charge in [0.05, 0.1) is 11.4 Å². The molecule has 7 nitrogen and oxygen atoms in total. The van der Waals surface area contributed by atoms with Crippen molar-refractivity contribution in [2.24, 2.45) is 5.92 Å². The van der Waals surface area contributed by atoms with Crippen LogP contribution in [-0.4, -0.2) is 36.9 Å². The SMILES string of the molecule is Cc1cc(C(=O)NCC2CC2)nn1Cc1cc(S(C)(=O)=O)cc2cc(-c3ccccc3)oc12. The molecule has 1 amide bonds. The maximum atomic E-state index is 12.5. The van der Waals surface area contributed by atoms with Crippen molar-refractivity contribution in [3.05, 3.63) is 71.5 Å². The average molecular weight is 464 g/mol. The van der Waals surface area contributed by atoms with Crippen LogP contribution in [0.3, 0.4) is 0 Å². The van der Waals surface area contributed by atoms with E-state index in [2.05, 4.69) is 10.4 Å². The topological polar surface area (TPSA) is 94.2 Å². The van der Waals surface area contributed by atoms with Gasteiger partial charge in [-0.1, -0.05) is 30.3 Å². The molecule has 1 saturated carbocycles. The van der Waals surface area contributed by atoms with Gasteiger partial charge in [-0.3, -0.25) is 9.48 Å². The number of rotatable bonds is 7. The fourth-order valence-electron chi connectivity index (χ4n) is 3.86. The summed E-state index contributed by atoms with van der Waals surface area (Å²) in [6.45, 7) is 2.83. The van der Waals surface area contributed by atoms with Crippen LogP contribution >= 0.6 is 0 Å². The third-order valence-electron chi connectivity index (χ3n) is 5.94. The lowest BCUT2D eigenvalue weighted by Gasteiger charge is -2.08. The van der Waals surface area contributed by atoms with Gasteiger partial charge in [0, 0.05) is 35.0 Å². The Balaban J connectivity index is 1.52. The van der Waals surface area contributed by atoms with Crippen molar-refractivity contribution in [3.8, 4) is 11.3 Å². The largest absolute Gasteiger partial charge is 0.456 e. The zero-order valence-electron chi connectivity index (χ0n) is 18.5. The van der Waals surface area contributed by atoms with Crippen LogP contribution in [0.5, 0.6) is 0 Å². The summed E-state index contributed by atoms with van der Waals surface area (Å²) in [5.41, 5.74) is 3.36. The minimum absolute atomic E-state index is 0.192. The number of carbonyl (C=O) groups excluding carboxylic acids is 1. The fourth-order valence-corrected chi connectivity index (χ4v) is 4.56. The summed E-state index contributed by atoms with van der Waals surface area (Å²) < 4.78 is 32.6. The minimum atomic E-state index is -3.43. The van der Waals surface area contributed by atoms with Gasteiger partial charge in [0.1, 0.15) is 17.0 Å². The first-order valence-electron chi connectivity index (χ1n) is 10.9. The van der Waals surface area contributed by atoms with Gasteiger partial charge in [-0.2, -0.15) is 5.10 Å². The Morgan fingerprint density at radius 3 is 2.61 bits per heavy atom. The van der Waals surface area contributed by atoms with Crippen molar-refractivity contribution in [1.29, 1.82) is 0 Å². The lowest BCUT2D eigenvalue weighted by atomic mass is 10.1. The molecular weight excluding hydrogens is 438 g/mol. The van der Waals surface area contributed by atoms with Gasteiger partial charge in [-0.05, 0) is 49.9 Å². The Labute approximate surface area is 192 Å². The highest BCUT2D eigenvalue weighted by molar-refractivity contribution is 7.90. The van der Waals surface area contributed by atoms with E-state index in [0.717, 1.165) is 24.1 Å². The predicted molar refractivity (Wildman–Crippen MR) is 126 cm³/mol. The molecule has 0 atom stereocenters. The first kappa shape index (κ1) is 21.5. The van der Waals surface area contributed by atoms with Gasteiger partial charge >= 0.3 is 0 Å². The van der Waals surface area contributed by atoms with E-state index in [0.29, 0.717) is 40.4 Å². The lowest BCUT2D eigenvalue weighted by Crippen LogP contribution is -2.26. The van der Waals surface area contributed by atoms with Crippen molar-refractivity contribution in [3.63, 3.8) is 0 Å². The first-order chi connectivity index (χ1) is 15.8. The normalized spacial score (nSPS) is 14.0. The number of hydrogen-bond donors (Lipinski definition) is 1. The molecule has 0 radical (unpaired) electrons. The Hall–Kier alpha value is -3.39. The van der Waals surface area contributed by atoms with E-state index in [-0.39, 0.29) is 17.3 Å². The fraction of sp³-hybridized carbons (Fsp3) is 0.280. The molecule has 0 aliphatic heterocycles. The Morgan fingerprint density at radius 1 is 1.15 bits per heavy atom. The van der Waals surface area contributed by atoms with Gasteiger partial charge in [0.2, 0.25) is 0 Å². The number of fused-ring (bicyclic) bond motifs is 1. The highest BCUT2D eigenvalue weighted by Gasteiger charge is 2.23. The highest BCUT2D eigenvalue weighted by atomic mass is 32.2. The summed E-state index contributed by atoms with van der Waals surface area (Å²) in [6.07, 6.45) is 3.51. The number of sulfone groups is 1. The smallest absolute Gasteiger partial charge is 0.271 e. The number of aromatic nitrogens is 2. The summed E-state index contributed by atoms with van der Waals surface area (Å²) in [7, 11) is -3.43. The van der Waals surface area contributed by atoms with Gasteiger partial charge in [-0.25, -0.2) is 8.42 Å².